The Hall–Kier alpha value is 0.500. The summed E-state index contributed by atoms with van der Waals surface area (Å²) in [6.45, 7) is 5.79. The van der Waals surface area contributed by atoms with Crippen LogP contribution in [0.4, 0.5) is 0 Å². The van der Waals surface area contributed by atoms with E-state index < -0.39 is 0 Å². The molecule has 0 rings (SSSR count). The van der Waals surface area contributed by atoms with Gasteiger partial charge in [0.25, 0.3) is 0 Å². The number of hydrogen-bond acceptors (Lipinski definition) is 2. The first-order chi connectivity index (χ1) is 2.94. The first-order valence-electron chi connectivity index (χ1n) is 2.15. The minimum absolute atomic E-state index is 0. The van der Waals surface area contributed by atoms with Crippen molar-refractivity contribution in [2.24, 2.45) is 5.84 Å². The maximum atomic E-state index is 5.36. The molecule has 0 aromatic carbocycles. The van der Waals surface area contributed by atoms with Crippen molar-refractivity contribution in [1.29, 1.82) is 0 Å². The Morgan fingerprint density at radius 1 is 1.38 bits per heavy atom. The van der Waals surface area contributed by atoms with E-state index in [-0.39, 0.29) is 17.9 Å². The summed E-state index contributed by atoms with van der Waals surface area (Å²) in [7, 11) is 0. The summed E-state index contributed by atoms with van der Waals surface area (Å²) in [6, 6.07) is 0. The molecule has 0 heterocycles. The van der Waals surface area contributed by atoms with Gasteiger partial charge in [0.15, 0.2) is 0 Å². The molecule has 0 bridgehead atoms. The third-order valence-corrected chi connectivity index (χ3v) is 1.15. The molecular formula is C4H12Cl2N2. The van der Waals surface area contributed by atoms with Crippen molar-refractivity contribution in [1.82, 2.24) is 4.53 Å². The number of nitrogens with zero attached hydrogens (tertiary/aromatic N) is 1. The standard InChI is InChI=1S/C4H11ClN2.ClH/c1-4(2,3)7(5)6;/h6H2,1-3H3;1H. The quantitative estimate of drug-likeness (QED) is 0.330. The fraction of sp³-hybridized carbons (Fsp3) is 1.00. The highest BCUT2D eigenvalue weighted by molar-refractivity contribution is 6.13. The van der Waals surface area contributed by atoms with E-state index in [2.05, 4.69) is 0 Å². The smallest absolute Gasteiger partial charge is 0.0431 e. The molecule has 0 aromatic rings. The van der Waals surface area contributed by atoms with E-state index in [4.69, 9.17) is 17.6 Å². The second-order valence-electron chi connectivity index (χ2n) is 2.48. The largest absolute Gasteiger partial charge is 0.254 e. The van der Waals surface area contributed by atoms with Crippen molar-refractivity contribution in [3.8, 4) is 0 Å². The highest BCUT2D eigenvalue weighted by atomic mass is 35.5. The van der Waals surface area contributed by atoms with Crippen molar-refractivity contribution in [3.05, 3.63) is 0 Å². The molecule has 2 N–H and O–H groups in total. The van der Waals surface area contributed by atoms with Gasteiger partial charge in [0.05, 0.1) is 0 Å². The molecular weight excluding hydrogens is 147 g/mol. The molecule has 0 atom stereocenters. The van der Waals surface area contributed by atoms with Gasteiger partial charge in [0.2, 0.25) is 0 Å². The summed E-state index contributed by atoms with van der Waals surface area (Å²) < 4.78 is 1.16. The lowest BCUT2D eigenvalue weighted by atomic mass is 10.1. The van der Waals surface area contributed by atoms with Crippen LogP contribution in [-0.2, 0) is 0 Å². The van der Waals surface area contributed by atoms with E-state index >= 15 is 0 Å². The van der Waals surface area contributed by atoms with Crippen LogP contribution in [0.1, 0.15) is 20.8 Å². The number of halogens is 2. The number of hydrogen-bond donors (Lipinski definition) is 1. The molecule has 0 radical (unpaired) electrons. The molecule has 0 fully saturated rings. The Morgan fingerprint density at radius 3 is 1.50 bits per heavy atom. The van der Waals surface area contributed by atoms with E-state index in [1.54, 1.807) is 0 Å². The Morgan fingerprint density at radius 2 is 1.50 bits per heavy atom. The number of nitrogens with two attached hydrogens (primary N) is 1. The van der Waals surface area contributed by atoms with Crippen LogP contribution in [0.3, 0.4) is 0 Å². The molecule has 0 amide bonds. The predicted molar refractivity (Wildman–Crippen MR) is 38.9 cm³/mol. The van der Waals surface area contributed by atoms with Crippen LogP contribution in [0.5, 0.6) is 0 Å². The molecule has 0 spiro atoms. The Bertz CT molecular complexity index is 57.5. The fourth-order valence-electron chi connectivity index (χ4n) is 0. The third kappa shape index (κ3) is 4.65. The van der Waals surface area contributed by atoms with Crippen LogP contribution in [0.2, 0.25) is 0 Å². The minimum Gasteiger partial charge on any atom is -0.254 e. The van der Waals surface area contributed by atoms with Crippen molar-refractivity contribution in [2.45, 2.75) is 26.3 Å². The monoisotopic (exact) mass is 158 g/mol. The summed E-state index contributed by atoms with van der Waals surface area (Å²) in [4.78, 5) is 0. The zero-order valence-corrected chi connectivity index (χ0v) is 6.88. The second-order valence-corrected chi connectivity index (χ2v) is 2.85. The lowest BCUT2D eigenvalue weighted by Gasteiger charge is -2.23. The Balaban J connectivity index is 0. The maximum Gasteiger partial charge on any atom is 0.0431 e. The minimum atomic E-state index is -0.123. The van der Waals surface area contributed by atoms with Crippen molar-refractivity contribution in [3.63, 3.8) is 0 Å². The Labute approximate surface area is 61.5 Å². The van der Waals surface area contributed by atoms with Crippen LogP contribution < -0.4 is 5.84 Å². The lowest BCUT2D eigenvalue weighted by molar-refractivity contribution is 0.268. The van der Waals surface area contributed by atoms with Crippen molar-refractivity contribution in [2.75, 3.05) is 0 Å². The van der Waals surface area contributed by atoms with Gasteiger partial charge >= 0.3 is 0 Å². The molecule has 52 valence electrons. The normalized spacial score (nSPS) is 11.2. The van der Waals surface area contributed by atoms with Gasteiger partial charge < -0.3 is 0 Å². The molecule has 0 aliphatic heterocycles. The average Bonchev–Trinajstić information content (AvgIpc) is 1.31. The van der Waals surface area contributed by atoms with Crippen LogP contribution in [-0.4, -0.2) is 10.1 Å². The second kappa shape index (κ2) is 3.51. The first-order valence-corrected chi connectivity index (χ1v) is 2.49. The van der Waals surface area contributed by atoms with Gasteiger partial charge in [-0.15, -0.1) is 12.4 Å². The summed E-state index contributed by atoms with van der Waals surface area (Å²) in [5.41, 5.74) is -0.123. The number of hydrazine groups is 1. The highest BCUT2D eigenvalue weighted by Crippen LogP contribution is 2.08. The van der Waals surface area contributed by atoms with Gasteiger partial charge in [-0.1, -0.05) is 0 Å². The Kier molecular flexibility index (Phi) is 4.97. The molecule has 8 heavy (non-hydrogen) atoms. The van der Waals surface area contributed by atoms with Gasteiger partial charge in [-0.05, 0) is 32.5 Å². The summed E-state index contributed by atoms with van der Waals surface area (Å²) in [6.07, 6.45) is 0. The third-order valence-electron chi connectivity index (χ3n) is 0.641. The summed E-state index contributed by atoms with van der Waals surface area (Å²) >= 11 is 5.36. The molecule has 0 aliphatic rings. The molecule has 4 heteroatoms. The van der Waals surface area contributed by atoms with Crippen molar-refractivity contribution < 1.29 is 0 Å². The molecule has 0 saturated heterocycles. The number of rotatable bonds is 0. The van der Waals surface area contributed by atoms with Crippen molar-refractivity contribution >= 4 is 24.2 Å². The van der Waals surface area contributed by atoms with Gasteiger partial charge in [-0.3, -0.25) is 5.84 Å². The summed E-state index contributed by atoms with van der Waals surface area (Å²) in [5.74, 6) is 5.17. The maximum absolute atomic E-state index is 5.36. The zero-order chi connectivity index (χ0) is 6.08. The molecule has 0 saturated carbocycles. The van der Waals surface area contributed by atoms with Gasteiger partial charge in [-0.2, -0.15) is 4.53 Å². The van der Waals surface area contributed by atoms with E-state index in [1.165, 1.54) is 0 Å². The molecule has 2 nitrogen and oxygen atoms in total. The van der Waals surface area contributed by atoms with E-state index in [9.17, 15) is 0 Å². The summed E-state index contributed by atoms with van der Waals surface area (Å²) in [5, 5.41) is 0. The van der Waals surface area contributed by atoms with Gasteiger partial charge in [0, 0.05) is 5.54 Å². The van der Waals surface area contributed by atoms with Gasteiger partial charge in [-0.25, -0.2) is 0 Å². The predicted octanol–water partition coefficient (Wildman–Crippen LogP) is 1.54. The topological polar surface area (TPSA) is 29.3 Å². The van der Waals surface area contributed by atoms with Crippen LogP contribution in [0.15, 0.2) is 0 Å². The average molecular weight is 159 g/mol. The molecule has 0 aromatic heterocycles. The van der Waals surface area contributed by atoms with Crippen LogP contribution in [0.25, 0.3) is 0 Å². The lowest BCUT2D eigenvalue weighted by Crippen LogP contribution is -2.38. The molecule has 0 unspecified atom stereocenters. The van der Waals surface area contributed by atoms with E-state index in [0.29, 0.717) is 0 Å². The van der Waals surface area contributed by atoms with E-state index in [1.807, 2.05) is 20.8 Å². The first kappa shape index (κ1) is 11.3. The van der Waals surface area contributed by atoms with Crippen LogP contribution >= 0.6 is 24.2 Å². The zero-order valence-electron chi connectivity index (χ0n) is 5.31. The molecule has 0 aliphatic carbocycles. The SMILES string of the molecule is CC(C)(C)N(N)Cl.Cl. The fourth-order valence-corrected chi connectivity index (χ4v) is 0. The van der Waals surface area contributed by atoms with E-state index in [0.717, 1.165) is 4.53 Å². The van der Waals surface area contributed by atoms with Gasteiger partial charge in [0.1, 0.15) is 0 Å². The highest BCUT2D eigenvalue weighted by Gasteiger charge is 2.14. The van der Waals surface area contributed by atoms with Crippen LogP contribution in [0, 0.1) is 0 Å².